The van der Waals surface area contributed by atoms with Gasteiger partial charge in [-0.2, -0.15) is 0 Å². The van der Waals surface area contributed by atoms with Crippen molar-refractivity contribution in [3.8, 4) is 0 Å². The highest BCUT2D eigenvalue weighted by Gasteiger charge is 2.38. The summed E-state index contributed by atoms with van der Waals surface area (Å²) < 4.78 is 0. The van der Waals surface area contributed by atoms with Crippen LogP contribution in [0.4, 0.5) is 0 Å². The Balaban J connectivity index is 0.00000612. The third-order valence-electron chi connectivity index (χ3n) is 7.89. The van der Waals surface area contributed by atoms with Crippen LogP contribution in [0.25, 0.3) is 0 Å². The van der Waals surface area contributed by atoms with Crippen LogP contribution in [0.2, 0.25) is 0 Å². The molecule has 2 aromatic carbocycles. The molecule has 0 aromatic heterocycles. The van der Waals surface area contributed by atoms with Gasteiger partial charge in [-0.1, -0.05) is 171 Å². The Bertz CT molecular complexity index is 675. The molecule has 0 heterocycles. The summed E-state index contributed by atoms with van der Waals surface area (Å²) >= 11 is 0. The van der Waals surface area contributed by atoms with E-state index in [-0.39, 0.29) is 16.9 Å². The van der Waals surface area contributed by atoms with Crippen molar-refractivity contribution in [2.45, 2.75) is 134 Å². The summed E-state index contributed by atoms with van der Waals surface area (Å²) in [6.07, 6.45) is 23.2. The van der Waals surface area contributed by atoms with Crippen LogP contribution in [0.15, 0.2) is 60.7 Å². The number of unbranched alkanes of at least 4 members (excludes halogenated alkanes) is 14. The summed E-state index contributed by atoms with van der Waals surface area (Å²) in [5.74, 6) is 0. The van der Waals surface area contributed by atoms with Crippen molar-refractivity contribution >= 4 is 0 Å². The zero-order valence-electron chi connectivity index (χ0n) is 22.9. The van der Waals surface area contributed by atoms with E-state index in [2.05, 4.69) is 74.5 Å². The molecule has 0 fully saturated rings. The summed E-state index contributed by atoms with van der Waals surface area (Å²) in [6, 6.07) is 22.0. The van der Waals surface area contributed by atoms with E-state index < -0.39 is 0 Å². The normalized spacial score (nSPS) is 12.3. The van der Waals surface area contributed by atoms with E-state index in [0.29, 0.717) is 0 Å². The van der Waals surface area contributed by atoms with Crippen LogP contribution in [-0.4, -0.2) is 11.5 Å². The lowest BCUT2D eigenvalue weighted by atomic mass is 9.66. The third kappa shape index (κ3) is 10.9. The van der Waals surface area contributed by atoms with E-state index in [4.69, 9.17) is 5.73 Å². The summed E-state index contributed by atoms with van der Waals surface area (Å²) in [7, 11) is 0. The molecule has 0 saturated heterocycles. The first kappa shape index (κ1) is 31.4. The van der Waals surface area contributed by atoms with Crippen LogP contribution in [0, 0.1) is 0 Å². The Morgan fingerprint density at radius 2 is 0.886 bits per heavy atom. The van der Waals surface area contributed by atoms with Gasteiger partial charge in [0.2, 0.25) is 0 Å². The predicted octanol–water partition coefficient (Wildman–Crippen LogP) is 9.15. The first-order valence-electron chi connectivity index (χ1n) is 14.6. The Morgan fingerprint density at radius 1 is 0.543 bits per heavy atom. The minimum absolute atomic E-state index is 0. The van der Waals surface area contributed by atoms with Crippen LogP contribution in [-0.2, 0) is 5.41 Å². The molecule has 0 spiro atoms. The van der Waals surface area contributed by atoms with Crippen molar-refractivity contribution < 1.29 is 5.48 Å². The highest BCUT2D eigenvalue weighted by molar-refractivity contribution is 5.41. The second-order valence-electron chi connectivity index (χ2n) is 10.4. The number of benzene rings is 2. The summed E-state index contributed by atoms with van der Waals surface area (Å²) in [6.45, 7) is 4.59. The van der Waals surface area contributed by atoms with Gasteiger partial charge in [-0.25, -0.2) is 0 Å². The van der Waals surface area contributed by atoms with E-state index in [0.717, 1.165) is 12.8 Å². The van der Waals surface area contributed by atoms with Crippen LogP contribution in [0.1, 0.15) is 134 Å². The van der Waals surface area contributed by atoms with Crippen molar-refractivity contribution in [2.24, 2.45) is 5.73 Å². The highest BCUT2D eigenvalue weighted by Crippen LogP contribution is 2.39. The maximum Gasteiger partial charge on any atom is 0.0351 e. The SMILES string of the molecule is CCCCCCCCCCCCCCCCCC(N)C(CC)(c1ccccc1)c1ccccc1.O. The minimum Gasteiger partial charge on any atom is -0.412 e. The molecule has 0 aliphatic heterocycles. The van der Waals surface area contributed by atoms with Gasteiger partial charge < -0.3 is 11.2 Å². The number of hydrogen-bond donors (Lipinski definition) is 1. The standard InChI is InChI=1S/C33H53N.H2O/c1-3-5-6-7-8-9-10-11-12-13-14-15-16-17-24-29-32(34)33(4-2,30-25-20-18-21-26-30)31-27-22-19-23-28-31;/h18-23,25-28,32H,3-17,24,29,34H2,1-2H3;1H2. The molecular weight excluding hydrogens is 426 g/mol. The number of nitrogens with two attached hydrogens (primary N) is 1. The van der Waals surface area contributed by atoms with Gasteiger partial charge in [0.25, 0.3) is 0 Å². The molecule has 0 bridgehead atoms. The molecule has 1 atom stereocenters. The Labute approximate surface area is 217 Å². The van der Waals surface area contributed by atoms with Crippen molar-refractivity contribution in [2.75, 3.05) is 0 Å². The molecule has 2 aromatic rings. The summed E-state index contributed by atoms with van der Waals surface area (Å²) in [5, 5.41) is 0. The molecular formula is C33H55NO. The second kappa shape index (κ2) is 19.5. The van der Waals surface area contributed by atoms with Gasteiger partial charge >= 0.3 is 0 Å². The fourth-order valence-electron chi connectivity index (χ4n) is 5.72. The monoisotopic (exact) mass is 481 g/mol. The first-order chi connectivity index (χ1) is 16.8. The van der Waals surface area contributed by atoms with Crippen LogP contribution in [0.3, 0.4) is 0 Å². The Hall–Kier alpha value is -1.64. The predicted molar refractivity (Wildman–Crippen MR) is 155 cm³/mol. The summed E-state index contributed by atoms with van der Waals surface area (Å²) in [4.78, 5) is 0. The zero-order valence-corrected chi connectivity index (χ0v) is 22.9. The van der Waals surface area contributed by atoms with Gasteiger partial charge in [0, 0.05) is 11.5 Å². The molecule has 2 heteroatoms. The molecule has 1 unspecified atom stereocenters. The lowest BCUT2D eigenvalue weighted by Crippen LogP contribution is -2.46. The molecule has 0 saturated carbocycles. The first-order valence-corrected chi connectivity index (χ1v) is 14.6. The van der Waals surface area contributed by atoms with Gasteiger partial charge in [-0.3, -0.25) is 0 Å². The van der Waals surface area contributed by atoms with Crippen molar-refractivity contribution in [1.29, 1.82) is 0 Å². The van der Waals surface area contributed by atoms with Crippen molar-refractivity contribution in [1.82, 2.24) is 0 Å². The number of rotatable bonds is 20. The molecule has 0 aliphatic rings. The average Bonchev–Trinajstić information content (AvgIpc) is 2.88. The van der Waals surface area contributed by atoms with Crippen LogP contribution >= 0.6 is 0 Å². The molecule has 0 aliphatic carbocycles. The maximum absolute atomic E-state index is 6.98. The number of hydrogen-bond acceptors (Lipinski definition) is 1. The second-order valence-corrected chi connectivity index (χ2v) is 10.4. The zero-order chi connectivity index (χ0) is 24.3. The van der Waals surface area contributed by atoms with Gasteiger partial charge in [-0.15, -0.1) is 0 Å². The van der Waals surface area contributed by atoms with Gasteiger partial charge in [-0.05, 0) is 24.0 Å². The van der Waals surface area contributed by atoms with Gasteiger partial charge in [0.1, 0.15) is 0 Å². The van der Waals surface area contributed by atoms with Crippen LogP contribution < -0.4 is 5.73 Å². The molecule has 0 amide bonds. The fraction of sp³-hybridized carbons (Fsp3) is 0.636. The summed E-state index contributed by atoms with van der Waals surface area (Å²) in [5.41, 5.74) is 9.60. The van der Waals surface area contributed by atoms with Crippen molar-refractivity contribution in [3.63, 3.8) is 0 Å². The largest absolute Gasteiger partial charge is 0.412 e. The smallest absolute Gasteiger partial charge is 0.0351 e. The highest BCUT2D eigenvalue weighted by atomic mass is 16.0. The van der Waals surface area contributed by atoms with Crippen LogP contribution in [0.5, 0.6) is 0 Å². The molecule has 4 N–H and O–H groups in total. The van der Waals surface area contributed by atoms with E-state index in [1.807, 2.05) is 0 Å². The lowest BCUT2D eigenvalue weighted by Gasteiger charge is -2.40. The van der Waals surface area contributed by atoms with Gasteiger partial charge in [0.05, 0.1) is 0 Å². The van der Waals surface area contributed by atoms with E-state index in [1.54, 1.807) is 0 Å². The molecule has 35 heavy (non-hydrogen) atoms. The van der Waals surface area contributed by atoms with E-state index in [9.17, 15) is 0 Å². The topological polar surface area (TPSA) is 57.5 Å². The van der Waals surface area contributed by atoms with E-state index >= 15 is 0 Å². The van der Waals surface area contributed by atoms with Crippen molar-refractivity contribution in [3.05, 3.63) is 71.8 Å². The maximum atomic E-state index is 6.98. The quantitative estimate of drug-likeness (QED) is 0.188. The molecule has 0 radical (unpaired) electrons. The van der Waals surface area contributed by atoms with E-state index in [1.165, 1.54) is 107 Å². The molecule has 2 rings (SSSR count). The Kier molecular flexibility index (Phi) is 17.5. The Morgan fingerprint density at radius 3 is 1.23 bits per heavy atom. The fourth-order valence-corrected chi connectivity index (χ4v) is 5.72. The van der Waals surface area contributed by atoms with Gasteiger partial charge in [0.15, 0.2) is 0 Å². The lowest BCUT2D eigenvalue weighted by molar-refractivity contribution is 0.363. The molecule has 198 valence electrons. The average molecular weight is 482 g/mol. The third-order valence-corrected chi connectivity index (χ3v) is 7.89. The molecule has 2 nitrogen and oxygen atoms in total. The minimum atomic E-state index is -0.0987.